The molecule has 1 aromatic rings. The maximum atomic E-state index is 5.95. The van der Waals surface area contributed by atoms with Crippen molar-refractivity contribution in [2.24, 2.45) is 5.73 Å². The minimum absolute atomic E-state index is 0.113. The highest BCUT2D eigenvalue weighted by Crippen LogP contribution is 2.38. The maximum Gasteiger partial charge on any atom is 0.125 e. The van der Waals surface area contributed by atoms with Gasteiger partial charge in [-0.3, -0.25) is 0 Å². The molecule has 2 nitrogen and oxygen atoms in total. The van der Waals surface area contributed by atoms with Crippen LogP contribution in [0.1, 0.15) is 23.6 Å². The molecule has 0 saturated carbocycles. The fourth-order valence-electron chi connectivity index (χ4n) is 1.90. The summed E-state index contributed by atoms with van der Waals surface area (Å²) in [6.45, 7) is 0. The van der Waals surface area contributed by atoms with Gasteiger partial charge >= 0.3 is 0 Å². The van der Waals surface area contributed by atoms with Crippen LogP contribution in [0, 0.1) is 0 Å². The van der Waals surface area contributed by atoms with Crippen LogP contribution < -0.4 is 10.5 Å². The monoisotopic (exact) mass is 197 g/mol. The van der Waals surface area contributed by atoms with Gasteiger partial charge in [0.25, 0.3) is 0 Å². The fourth-order valence-corrected chi connectivity index (χ4v) is 2.13. The Balaban J connectivity index is 2.57. The van der Waals surface area contributed by atoms with Gasteiger partial charge in [0, 0.05) is 16.6 Å². The Morgan fingerprint density at radius 2 is 2.31 bits per heavy atom. The summed E-state index contributed by atoms with van der Waals surface area (Å²) in [4.78, 5) is 0. The molecule has 1 atom stereocenters. The molecule has 1 unspecified atom stereocenters. The summed E-state index contributed by atoms with van der Waals surface area (Å²) < 4.78 is 5.24. The quantitative estimate of drug-likeness (QED) is 0.750. The normalized spacial score (nSPS) is 20.1. The Labute approximate surface area is 82.6 Å². The lowest BCUT2D eigenvalue weighted by molar-refractivity contribution is 0.407. The number of rotatable bonds is 1. The van der Waals surface area contributed by atoms with Crippen LogP contribution in [0.25, 0.3) is 0 Å². The molecule has 0 fully saturated rings. The van der Waals surface area contributed by atoms with Gasteiger partial charge in [-0.1, -0.05) is 11.6 Å². The van der Waals surface area contributed by atoms with Gasteiger partial charge in [-0.15, -0.1) is 0 Å². The van der Waals surface area contributed by atoms with Crippen LogP contribution in [0.2, 0.25) is 5.02 Å². The molecule has 0 amide bonds. The van der Waals surface area contributed by atoms with E-state index in [1.54, 1.807) is 7.11 Å². The zero-order chi connectivity index (χ0) is 9.42. The van der Waals surface area contributed by atoms with E-state index in [1.165, 1.54) is 5.56 Å². The number of hydrogen-bond donors (Lipinski definition) is 1. The molecule has 0 saturated heterocycles. The third-order valence-electron chi connectivity index (χ3n) is 2.51. The van der Waals surface area contributed by atoms with Crippen molar-refractivity contribution in [3.63, 3.8) is 0 Å². The van der Waals surface area contributed by atoms with Crippen LogP contribution in [0.15, 0.2) is 12.1 Å². The Morgan fingerprint density at radius 3 is 3.00 bits per heavy atom. The first-order valence-electron chi connectivity index (χ1n) is 4.34. The van der Waals surface area contributed by atoms with Crippen molar-refractivity contribution in [3.8, 4) is 5.75 Å². The lowest BCUT2D eigenvalue weighted by Gasteiger charge is -2.11. The molecule has 13 heavy (non-hydrogen) atoms. The first-order chi connectivity index (χ1) is 6.22. The van der Waals surface area contributed by atoms with Crippen molar-refractivity contribution in [3.05, 3.63) is 28.3 Å². The van der Waals surface area contributed by atoms with Crippen LogP contribution in [-0.4, -0.2) is 7.11 Å². The molecule has 2 rings (SSSR count). The second-order valence-corrected chi connectivity index (χ2v) is 3.76. The summed E-state index contributed by atoms with van der Waals surface area (Å²) >= 11 is 5.93. The van der Waals surface area contributed by atoms with E-state index in [1.807, 2.05) is 12.1 Å². The van der Waals surface area contributed by atoms with Gasteiger partial charge in [0.2, 0.25) is 0 Å². The van der Waals surface area contributed by atoms with E-state index in [0.29, 0.717) is 0 Å². The third-order valence-corrected chi connectivity index (χ3v) is 2.73. The number of hydrogen-bond acceptors (Lipinski definition) is 2. The third kappa shape index (κ3) is 1.40. The number of ether oxygens (including phenoxy) is 1. The molecule has 3 heteroatoms. The van der Waals surface area contributed by atoms with E-state index in [0.717, 1.165) is 29.2 Å². The molecule has 0 bridgehead atoms. The first-order valence-corrected chi connectivity index (χ1v) is 4.72. The smallest absolute Gasteiger partial charge is 0.125 e. The highest BCUT2D eigenvalue weighted by molar-refractivity contribution is 6.30. The summed E-state index contributed by atoms with van der Waals surface area (Å²) in [5, 5.41) is 0.727. The average Bonchev–Trinajstić information content (AvgIpc) is 2.46. The van der Waals surface area contributed by atoms with Gasteiger partial charge in [0.05, 0.1) is 7.11 Å². The Kier molecular flexibility index (Phi) is 2.18. The van der Waals surface area contributed by atoms with Crippen LogP contribution in [0.3, 0.4) is 0 Å². The topological polar surface area (TPSA) is 35.2 Å². The summed E-state index contributed by atoms with van der Waals surface area (Å²) in [5.74, 6) is 0.826. The summed E-state index contributed by atoms with van der Waals surface area (Å²) in [6, 6.07) is 3.92. The highest BCUT2D eigenvalue weighted by Gasteiger charge is 2.23. The maximum absolute atomic E-state index is 5.95. The lowest BCUT2D eigenvalue weighted by atomic mass is 10.1. The van der Waals surface area contributed by atoms with Crippen molar-refractivity contribution in [1.82, 2.24) is 0 Å². The van der Waals surface area contributed by atoms with Crippen molar-refractivity contribution in [2.75, 3.05) is 7.11 Å². The molecule has 0 heterocycles. The lowest BCUT2D eigenvalue weighted by Crippen LogP contribution is -2.06. The highest BCUT2D eigenvalue weighted by atomic mass is 35.5. The fraction of sp³-hybridized carbons (Fsp3) is 0.400. The predicted molar refractivity (Wildman–Crippen MR) is 53.3 cm³/mol. The van der Waals surface area contributed by atoms with E-state index in [2.05, 4.69) is 0 Å². The van der Waals surface area contributed by atoms with Gasteiger partial charge in [-0.25, -0.2) is 0 Å². The Bertz CT molecular complexity index is 338. The molecular weight excluding hydrogens is 186 g/mol. The molecule has 1 aliphatic carbocycles. The van der Waals surface area contributed by atoms with Crippen LogP contribution >= 0.6 is 11.6 Å². The minimum Gasteiger partial charge on any atom is -0.496 e. The first kappa shape index (κ1) is 8.85. The zero-order valence-corrected chi connectivity index (χ0v) is 8.27. The van der Waals surface area contributed by atoms with E-state index in [9.17, 15) is 0 Å². The zero-order valence-electron chi connectivity index (χ0n) is 7.51. The van der Waals surface area contributed by atoms with Crippen molar-refractivity contribution >= 4 is 11.6 Å². The van der Waals surface area contributed by atoms with Gasteiger partial charge in [-0.05, 0) is 30.5 Å². The second-order valence-electron chi connectivity index (χ2n) is 3.33. The number of fused-ring (bicyclic) bond motifs is 1. The number of halogens is 1. The molecule has 0 radical (unpaired) electrons. The number of benzene rings is 1. The van der Waals surface area contributed by atoms with E-state index in [-0.39, 0.29) is 6.04 Å². The summed E-state index contributed by atoms with van der Waals surface area (Å²) in [6.07, 6.45) is 2.00. The van der Waals surface area contributed by atoms with E-state index in [4.69, 9.17) is 22.1 Å². The number of aryl methyl sites for hydroxylation is 1. The molecule has 70 valence electrons. The molecule has 0 aromatic heterocycles. The molecular formula is C10H12ClNO. The molecule has 0 spiro atoms. The Morgan fingerprint density at radius 1 is 1.54 bits per heavy atom. The summed E-state index contributed by atoms with van der Waals surface area (Å²) in [7, 11) is 1.65. The van der Waals surface area contributed by atoms with Crippen molar-refractivity contribution < 1.29 is 4.74 Å². The number of nitrogens with two attached hydrogens (primary N) is 1. The second kappa shape index (κ2) is 3.20. The van der Waals surface area contributed by atoms with Gasteiger partial charge in [-0.2, -0.15) is 0 Å². The summed E-state index contributed by atoms with van der Waals surface area (Å²) in [5.41, 5.74) is 8.31. The van der Waals surface area contributed by atoms with Crippen molar-refractivity contribution in [2.45, 2.75) is 18.9 Å². The van der Waals surface area contributed by atoms with Crippen LogP contribution in [0.5, 0.6) is 5.75 Å². The van der Waals surface area contributed by atoms with Crippen LogP contribution in [0.4, 0.5) is 0 Å². The average molecular weight is 198 g/mol. The van der Waals surface area contributed by atoms with Gasteiger partial charge < -0.3 is 10.5 Å². The number of methoxy groups -OCH3 is 1. The molecule has 1 aliphatic rings. The minimum atomic E-state index is 0.113. The largest absolute Gasteiger partial charge is 0.496 e. The molecule has 2 N–H and O–H groups in total. The predicted octanol–water partition coefficient (Wildman–Crippen LogP) is 2.29. The van der Waals surface area contributed by atoms with E-state index < -0.39 is 0 Å². The van der Waals surface area contributed by atoms with Crippen molar-refractivity contribution in [1.29, 1.82) is 0 Å². The standard InChI is InChI=1S/C10H12ClNO/c1-13-9-5-7(11)4-6-2-3-8(12)10(6)9/h4-5,8H,2-3,12H2,1H3. The molecule has 1 aromatic carbocycles. The van der Waals surface area contributed by atoms with Gasteiger partial charge in [0.15, 0.2) is 0 Å². The van der Waals surface area contributed by atoms with E-state index >= 15 is 0 Å². The Hall–Kier alpha value is -0.730. The van der Waals surface area contributed by atoms with Gasteiger partial charge in [0.1, 0.15) is 5.75 Å². The van der Waals surface area contributed by atoms with Crippen LogP contribution in [-0.2, 0) is 6.42 Å². The molecule has 0 aliphatic heterocycles. The SMILES string of the molecule is COc1cc(Cl)cc2c1C(N)CC2.